The second kappa shape index (κ2) is 7.00. The lowest BCUT2D eigenvalue weighted by atomic mass is 10.1. The molecule has 0 fully saturated rings. The number of benzene rings is 2. The van der Waals surface area contributed by atoms with Crippen LogP contribution in [0.4, 0.5) is 10.1 Å². The molecule has 0 aromatic heterocycles. The lowest BCUT2D eigenvalue weighted by molar-refractivity contribution is 0.0939. The molecule has 0 saturated heterocycles. The van der Waals surface area contributed by atoms with Crippen molar-refractivity contribution < 1.29 is 17.6 Å². The topological polar surface area (TPSA) is 75.3 Å². The normalized spacial score (nSPS) is 12.5. The van der Waals surface area contributed by atoms with Crippen LogP contribution in [0.15, 0.2) is 42.5 Å². The molecule has 24 heavy (non-hydrogen) atoms. The summed E-state index contributed by atoms with van der Waals surface area (Å²) in [5.41, 5.74) is 1.84. The summed E-state index contributed by atoms with van der Waals surface area (Å²) in [7, 11) is -3.37. The average Bonchev–Trinajstić information content (AvgIpc) is 2.48. The highest BCUT2D eigenvalue weighted by Gasteiger charge is 2.13. The maximum atomic E-state index is 13.6. The molecule has 1 amide bonds. The Morgan fingerprint density at radius 3 is 2.50 bits per heavy atom. The molecule has 2 aromatic carbocycles. The van der Waals surface area contributed by atoms with Gasteiger partial charge in [-0.1, -0.05) is 18.2 Å². The van der Waals surface area contributed by atoms with Gasteiger partial charge in [-0.05, 0) is 49.2 Å². The Morgan fingerprint density at radius 2 is 1.88 bits per heavy atom. The first kappa shape index (κ1) is 17.9. The van der Waals surface area contributed by atoms with Crippen LogP contribution >= 0.6 is 0 Å². The van der Waals surface area contributed by atoms with Gasteiger partial charge in [-0.2, -0.15) is 0 Å². The maximum Gasteiger partial charge on any atom is 0.251 e. The Hall–Kier alpha value is -2.41. The molecule has 2 rings (SSSR count). The zero-order valence-electron chi connectivity index (χ0n) is 13.6. The first-order chi connectivity index (χ1) is 11.2. The minimum atomic E-state index is -3.37. The largest absolute Gasteiger partial charge is 0.346 e. The van der Waals surface area contributed by atoms with Crippen molar-refractivity contribution >= 4 is 21.6 Å². The summed E-state index contributed by atoms with van der Waals surface area (Å²) >= 11 is 0. The summed E-state index contributed by atoms with van der Waals surface area (Å²) in [6, 6.07) is 10.6. The smallest absolute Gasteiger partial charge is 0.251 e. The van der Waals surface area contributed by atoms with Gasteiger partial charge in [0.25, 0.3) is 5.91 Å². The van der Waals surface area contributed by atoms with E-state index in [0.717, 1.165) is 11.8 Å². The fraction of sp³-hybridized carbons (Fsp3) is 0.235. The van der Waals surface area contributed by atoms with Crippen LogP contribution in [0.5, 0.6) is 0 Å². The van der Waals surface area contributed by atoms with E-state index in [4.69, 9.17) is 0 Å². The molecular formula is C17H19FN2O3S. The van der Waals surface area contributed by atoms with Gasteiger partial charge in [0.05, 0.1) is 12.3 Å². The highest BCUT2D eigenvalue weighted by molar-refractivity contribution is 7.92. The number of halogens is 1. The average molecular weight is 350 g/mol. The molecule has 0 aliphatic carbocycles. The number of sulfonamides is 1. The number of carbonyl (C=O) groups excluding carboxylic acids is 1. The van der Waals surface area contributed by atoms with E-state index < -0.39 is 21.7 Å². The van der Waals surface area contributed by atoms with E-state index in [1.165, 1.54) is 6.07 Å². The van der Waals surface area contributed by atoms with Crippen LogP contribution in [0, 0.1) is 12.7 Å². The third kappa shape index (κ3) is 4.79. The Balaban J connectivity index is 2.14. The number of amides is 1. The predicted octanol–water partition coefficient (Wildman–Crippen LogP) is 3.00. The van der Waals surface area contributed by atoms with Crippen LogP contribution in [0.2, 0.25) is 0 Å². The van der Waals surface area contributed by atoms with E-state index in [0.29, 0.717) is 11.3 Å². The highest BCUT2D eigenvalue weighted by Crippen LogP contribution is 2.19. The fourth-order valence-electron chi connectivity index (χ4n) is 2.18. The van der Waals surface area contributed by atoms with E-state index in [-0.39, 0.29) is 11.6 Å². The second-order valence-corrected chi connectivity index (χ2v) is 7.41. The number of hydrogen-bond donors (Lipinski definition) is 2. The molecule has 2 N–H and O–H groups in total. The fourth-order valence-corrected chi connectivity index (χ4v) is 2.74. The third-order valence-electron chi connectivity index (χ3n) is 3.47. The second-order valence-electron chi connectivity index (χ2n) is 5.66. The summed E-state index contributed by atoms with van der Waals surface area (Å²) in [6.07, 6.45) is 1.07. The molecule has 1 atom stereocenters. The first-order valence-corrected chi connectivity index (χ1v) is 9.19. The Bertz CT molecular complexity index is 866. The van der Waals surface area contributed by atoms with Crippen molar-refractivity contribution in [2.75, 3.05) is 11.0 Å². The molecule has 0 aliphatic heterocycles. The summed E-state index contributed by atoms with van der Waals surface area (Å²) in [6.45, 7) is 3.39. The molecule has 0 unspecified atom stereocenters. The highest BCUT2D eigenvalue weighted by atomic mass is 32.2. The van der Waals surface area contributed by atoms with Crippen molar-refractivity contribution in [3.63, 3.8) is 0 Å². The molecule has 0 heterocycles. The van der Waals surface area contributed by atoms with Crippen LogP contribution in [0.3, 0.4) is 0 Å². The molecular weight excluding hydrogens is 331 g/mol. The van der Waals surface area contributed by atoms with Gasteiger partial charge in [0.2, 0.25) is 10.0 Å². The van der Waals surface area contributed by atoms with Crippen molar-refractivity contribution in [1.29, 1.82) is 0 Å². The lowest BCUT2D eigenvalue weighted by Gasteiger charge is -2.16. The Labute approximate surface area is 141 Å². The minimum Gasteiger partial charge on any atom is -0.346 e. The predicted molar refractivity (Wildman–Crippen MR) is 91.9 cm³/mol. The maximum absolute atomic E-state index is 13.6. The van der Waals surface area contributed by atoms with E-state index in [1.54, 1.807) is 50.2 Å². The third-order valence-corrected chi connectivity index (χ3v) is 4.08. The number of rotatable bonds is 5. The SMILES string of the molecule is Cc1ccc(C(=O)N[C@H](C)c2cccc(NS(C)(=O)=O)c2)cc1F. The monoisotopic (exact) mass is 350 g/mol. The van der Waals surface area contributed by atoms with Crippen LogP contribution in [-0.4, -0.2) is 20.6 Å². The van der Waals surface area contributed by atoms with Crippen LogP contribution < -0.4 is 10.0 Å². The van der Waals surface area contributed by atoms with E-state index in [1.807, 2.05) is 0 Å². The zero-order chi connectivity index (χ0) is 17.9. The molecule has 128 valence electrons. The molecule has 0 aliphatic rings. The van der Waals surface area contributed by atoms with Gasteiger partial charge in [-0.3, -0.25) is 9.52 Å². The number of anilines is 1. The Morgan fingerprint density at radius 1 is 1.17 bits per heavy atom. The molecule has 0 saturated carbocycles. The minimum absolute atomic E-state index is 0.232. The van der Waals surface area contributed by atoms with E-state index in [2.05, 4.69) is 10.0 Å². The zero-order valence-corrected chi connectivity index (χ0v) is 14.4. The summed E-state index contributed by atoms with van der Waals surface area (Å²) in [5, 5.41) is 2.77. The molecule has 2 aromatic rings. The molecule has 0 bridgehead atoms. The van der Waals surface area contributed by atoms with Gasteiger partial charge in [0, 0.05) is 11.3 Å². The van der Waals surface area contributed by atoms with Crippen molar-refractivity contribution in [1.82, 2.24) is 5.32 Å². The van der Waals surface area contributed by atoms with Crippen LogP contribution in [0.1, 0.15) is 34.5 Å². The van der Waals surface area contributed by atoms with Gasteiger partial charge in [-0.15, -0.1) is 0 Å². The van der Waals surface area contributed by atoms with Gasteiger partial charge in [-0.25, -0.2) is 12.8 Å². The Kier molecular flexibility index (Phi) is 5.23. The molecule has 0 radical (unpaired) electrons. The van der Waals surface area contributed by atoms with Gasteiger partial charge >= 0.3 is 0 Å². The van der Waals surface area contributed by atoms with Gasteiger partial charge in [0.1, 0.15) is 5.82 Å². The standard InChI is InChI=1S/C17H19FN2O3S/c1-11-7-8-14(10-16(11)18)17(21)19-12(2)13-5-4-6-15(9-13)20-24(3,22)23/h4-10,12,20H,1-3H3,(H,19,21)/t12-/m1/s1. The quantitative estimate of drug-likeness (QED) is 0.870. The number of nitrogens with one attached hydrogen (secondary N) is 2. The van der Waals surface area contributed by atoms with Gasteiger partial charge in [0.15, 0.2) is 0 Å². The van der Waals surface area contributed by atoms with Crippen molar-refractivity contribution in [3.8, 4) is 0 Å². The van der Waals surface area contributed by atoms with Gasteiger partial charge < -0.3 is 5.32 Å². The van der Waals surface area contributed by atoms with E-state index >= 15 is 0 Å². The molecule has 0 spiro atoms. The summed E-state index contributed by atoms with van der Waals surface area (Å²) in [5.74, 6) is -0.836. The molecule has 7 heteroatoms. The molecule has 5 nitrogen and oxygen atoms in total. The van der Waals surface area contributed by atoms with E-state index in [9.17, 15) is 17.6 Å². The summed E-state index contributed by atoms with van der Waals surface area (Å²) < 4.78 is 38.5. The number of aryl methyl sites for hydroxylation is 1. The van der Waals surface area contributed by atoms with Crippen LogP contribution in [-0.2, 0) is 10.0 Å². The van der Waals surface area contributed by atoms with Crippen molar-refractivity contribution in [2.45, 2.75) is 19.9 Å². The number of carbonyl (C=O) groups is 1. The van der Waals surface area contributed by atoms with Crippen molar-refractivity contribution in [3.05, 3.63) is 65.0 Å². The lowest BCUT2D eigenvalue weighted by Crippen LogP contribution is -2.26. The first-order valence-electron chi connectivity index (χ1n) is 7.30. The number of hydrogen-bond acceptors (Lipinski definition) is 3. The van der Waals surface area contributed by atoms with Crippen molar-refractivity contribution in [2.24, 2.45) is 0 Å². The summed E-state index contributed by atoms with van der Waals surface area (Å²) in [4.78, 5) is 12.2. The van der Waals surface area contributed by atoms with Crippen LogP contribution in [0.25, 0.3) is 0 Å².